The van der Waals surface area contributed by atoms with Crippen LogP contribution in [0.5, 0.6) is 0 Å². The van der Waals surface area contributed by atoms with Crippen LogP contribution in [0.1, 0.15) is 23.4 Å². The van der Waals surface area contributed by atoms with Crippen LogP contribution in [0.25, 0.3) is 0 Å². The minimum absolute atomic E-state index is 0.0327. The first-order valence-electron chi connectivity index (χ1n) is 6.17. The molecule has 1 aromatic rings. The number of rotatable bonds is 7. The summed E-state index contributed by atoms with van der Waals surface area (Å²) in [6, 6.07) is -1.76. The number of urea groups is 1. The second-order valence-corrected chi connectivity index (χ2v) is 5.13. The highest BCUT2D eigenvalue weighted by molar-refractivity contribution is 7.09. The molecule has 21 heavy (non-hydrogen) atoms. The van der Waals surface area contributed by atoms with Gasteiger partial charge in [0, 0.05) is 11.3 Å². The number of carbonyl (C=O) groups excluding carboxylic acids is 2. The maximum Gasteiger partial charge on any atom is 0.326 e. The van der Waals surface area contributed by atoms with E-state index in [2.05, 4.69) is 20.4 Å². The largest absolute Gasteiger partial charge is 0.480 e. The van der Waals surface area contributed by atoms with E-state index in [1.54, 1.807) is 5.51 Å². The van der Waals surface area contributed by atoms with Crippen LogP contribution in [0.3, 0.4) is 0 Å². The van der Waals surface area contributed by atoms with Gasteiger partial charge in [-0.1, -0.05) is 0 Å². The normalized spacial score (nSPS) is 11.5. The van der Waals surface area contributed by atoms with Crippen molar-refractivity contribution in [2.75, 3.05) is 7.11 Å². The molecule has 0 aliphatic rings. The lowest BCUT2D eigenvalue weighted by atomic mass is 10.1. The number of hydrogen-bond acceptors (Lipinski definition) is 6. The van der Waals surface area contributed by atoms with Crippen LogP contribution in [0.4, 0.5) is 4.79 Å². The number of ether oxygens (including phenoxy) is 1. The van der Waals surface area contributed by atoms with Gasteiger partial charge in [-0.3, -0.25) is 4.79 Å². The van der Waals surface area contributed by atoms with Crippen molar-refractivity contribution in [2.24, 2.45) is 0 Å². The number of nitrogens with one attached hydrogen (secondary N) is 2. The molecule has 1 aromatic heterocycles. The van der Waals surface area contributed by atoms with E-state index in [1.165, 1.54) is 18.4 Å². The summed E-state index contributed by atoms with van der Waals surface area (Å²) in [6.45, 7) is 2.09. The summed E-state index contributed by atoms with van der Waals surface area (Å²) in [5.41, 5.74) is 2.49. The highest BCUT2D eigenvalue weighted by atomic mass is 32.1. The zero-order chi connectivity index (χ0) is 15.8. The molecule has 0 radical (unpaired) electrons. The Morgan fingerprint density at radius 3 is 2.71 bits per heavy atom. The smallest absolute Gasteiger partial charge is 0.326 e. The molecule has 1 rings (SSSR count). The van der Waals surface area contributed by atoms with Gasteiger partial charge in [-0.15, -0.1) is 11.3 Å². The van der Waals surface area contributed by atoms with Crippen molar-refractivity contribution in [3.05, 3.63) is 16.1 Å². The van der Waals surface area contributed by atoms with Gasteiger partial charge in [0.1, 0.15) is 6.04 Å². The monoisotopic (exact) mass is 315 g/mol. The molecule has 0 bridgehead atoms. The third-order valence-corrected chi connectivity index (χ3v) is 3.66. The molecule has 0 saturated heterocycles. The van der Waals surface area contributed by atoms with Crippen LogP contribution in [-0.2, 0) is 20.9 Å². The van der Waals surface area contributed by atoms with Crippen molar-refractivity contribution >= 4 is 29.3 Å². The first kappa shape index (κ1) is 16.9. The van der Waals surface area contributed by atoms with Gasteiger partial charge in [0.2, 0.25) is 0 Å². The van der Waals surface area contributed by atoms with E-state index in [1.807, 2.05) is 6.92 Å². The van der Waals surface area contributed by atoms with E-state index in [0.29, 0.717) is 0 Å². The van der Waals surface area contributed by atoms with Crippen molar-refractivity contribution in [1.29, 1.82) is 0 Å². The fourth-order valence-corrected chi connectivity index (χ4v) is 2.20. The van der Waals surface area contributed by atoms with Gasteiger partial charge in [-0.2, -0.15) is 0 Å². The number of carbonyl (C=O) groups is 3. The fraction of sp³-hybridized carbons (Fsp3) is 0.500. The van der Waals surface area contributed by atoms with Crippen LogP contribution < -0.4 is 10.6 Å². The SMILES string of the molecule is COC(=O)CC[C@H](NC(=O)NCc1scnc1C)C(=O)O. The minimum Gasteiger partial charge on any atom is -0.480 e. The third-order valence-electron chi connectivity index (χ3n) is 2.72. The quantitative estimate of drug-likeness (QED) is 0.636. The summed E-state index contributed by atoms with van der Waals surface area (Å²) in [6.07, 6.45) is -0.114. The Morgan fingerprint density at radius 1 is 1.48 bits per heavy atom. The van der Waals surface area contributed by atoms with Gasteiger partial charge in [0.05, 0.1) is 24.9 Å². The highest BCUT2D eigenvalue weighted by Crippen LogP contribution is 2.11. The van der Waals surface area contributed by atoms with Crippen molar-refractivity contribution in [2.45, 2.75) is 32.4 Å². The Labute approximate surface area is 125 Å². The van der Waals surface area contributed by atoms with E-state index >= 15 is 0 Å². The summed E-state index contributed by atoms with van der Waals surface area (Å²) in [5, 5.41) is 13.9. The number of thiazole rings is 1. The maximum absolute atomic E-state index is 11.7. The third kappa shape index (κ3) is 5.78. The second kappa shape index (κ2) is 8.20. The Kier molecular flexibility index (Phi) is 6.60. The predicted molar refractivity (Wildman–Crippen MR) is 74.9 cm³/mol. The van der Waals surface area contributed by atoms with E-state index in [0.717, 1.165) is 10.6 Å². The van der Waals surface area contributed by atoms with E-state index in [4.69, 9.17) is 5.11 Å². The van der Waals surface area contributed by atoms with Gasteiger partial charge >= 0.3 is 18.0 Å². The van der Waals surface area contributed by atoms with Gasteiger partial charge in [-0.05, 0) is 13.3 Å². The lowest BCUT2D eigenvalue weighted by Gasteiger charge is -2.14. The molecule has 8 nitrogen and oxygen atoms in total. The summed E-state index contributed by atoms with van der Waals surface area (Å²) >= 11 is 1.40. The number of methoxy groups -OCH3 is 1. The lowest BCUT2D eigenvalue weighted by molar-refractivity contribution is -0.142. The average molecular weight is 315 g/mol. The summed E-state index contributed by atoms with van der Waals surface area (Å²) < 4.78 is 4.43. The molecule has 0 aromatic carbocycles. The van der Waals surface area contributed by atoms with Crippen molar-refractivity contribution in [3.8, 4) is 0 Å². The number of nitrogens with zero attached hydrogens (tertiary/aromatic N) is 1. The number of hydrogen-bond donors (Lipinski definition) is 3. The molecule has 2 amide bonds. The Balaban J connectivity index is 2.43. The number of aromatic nitrogens is 1. The molecule has 0 aliphatic heterocycles. The van der Waals surface area contributed by atoms with Crippen LogP contribution >= 0.6 is 11.3 Å². The van der Waals surface area contributed by atoms with E-state index in [9.17, 15) is 14.4 Å². The van der Waals surface area contributed by atoms with Crippen LogP contribution in [0.15, 0.2) is 5.51 Å². The molecule has 1 atom stereocenters. The average Bonchev–Trinajstić information content (AvgIpc) is 2.85. The molecule has 0 aliphatic carbocycles. The number of aryl methyl sites for hydroxylation is 1. The van der Waals surface area contributed by atoms with Crippen molar-refractivity contribution in [3.63, 3.8) is 0 Å². The molecule has 0 spiro atoms. The molecule has 1 heterocycles. The van der Waals surface area contributed by atoms with Crippen LogP contribution in [-0.4, -0.2) is 41.2 Å². The summed E-state index contributed by atoms with van der Waals surface area (Å²) in [5.74, 6) is -1.73. The summed E-state index contributed by atoms with van der Waals surface area (Å²) in [7, 11) is 1.22. The molecule has 0 unspecified atom stereocenters. The van der Waals surface area contributed by atoms with Gasteiger partial charge in [0.15, 0.2) is 0 Å². The van der Waals surface area contributed by atoms with Gasteiger partial charge in [-0.25, -0.2) is 14.6 Å². The van der Waals surface area contributed by atoms with Crippen molar-refractivity contribution < 1.29 is 24.2 Å². The predicted octanol–water partition coefficient (Wildman–Crippen LogP) is 0.657. The Bertz CT molecular complexity index is 517. The minimum atomic E-state index is -1.21. The zero-order valence-electron chi connectivity index (χ0n) is 11.7. The second-order valence-electron chi connectivity index (χ2n) is 4.19. The zero-order valence-corrected chi connectivity index (χ0v) is 12.5. The van der Waals surface area contributed by atoms with E-state index in [-0.39, 0.29) is 19.4 Å². The topological polar surface area (TPSA) is 118 Å². The molecular formula is C12H17N3O5S. The van der Waals surface area contributed by atoms with Crippen LogP contribution in [0, 0.1) is 6.92 Å². The number of amides is 2. The Hall–Kier alpha value is -2.16. The highest BCUT2D eigenvalue weighted by Gasteiger charge is 2.21. The lowest BCUT2D eigenvalue weighted by Crippen LogP contribution is -2.46. The number of carboxylic acid groups (broad SMARTS) is 1. The first-order chi connectivity index (χ1) is 9.93. The number of carboxylic acids is 1. The molecule has 9 heteroatoms. The standard InChI is InChI=1S/C12H17N3O5S/c1-7-9(21-6-14-7)5-13-12(19)15-8(11(17)18)3-4-10(16)20-2/h6,8H,3-5H2,1-2H3,(H,17,18)(H2,13,15,19)/t8-/m0/s1. The molecule has 0 saturated carbocycles. The van der Waals surface area contributed by atoms with Gasteiger partial charge < -0.3 is 20.5 Å². The molecule has 3 N–H and O–H groups in total. The first-order valence-corrected chi connectivity index (χ1v) is 7.05. The van der Waals surface area contributed by atoms with Crippen LogP contribution in [0.2, 0.25) is 0 Å². The molecular weight excluding hydrogens is 298 g/mol. The maximum atomic E-state index is 11.7. The summed E-state index contributed by atoms with van der Waals surface area (Å²) in [4.78, 5) is 38.6. The fourth-order valence-electron chi connectivity index (χ4n) is 1.49. The van der Waals surface area contributed by atoms with Gasteiger partial charge in [0.25, 0.3) is 0 Å². The van der Waals surface area contributed by atoms with E-state index < -0.39 is 24.0 Å². The molecule has 0 fully saturated rings. The number of aliphatic carboxylic acids is 1. The molecule has 116 valence electrons. The number of esters is 1. The Morgan fingerprint density at radius 2 is 2.19 bits per heavy atom. The van der Waals surface area contributed by atoms with Crippen molar-refractivity contribution in [1.82, 2.24) is 15.6 Å².